The van der Waals surface area contributed by atoms with Crippen molar-refractivity contribution in [3.8, 4) is 5.75 Å². The van der Waals surface area contributed by atoms with Crippen LogP contribution in [0.15, 0.2) is 53.4 Å². The molecule has 1 atom stereocenters. The average molecular weight is 317 g/mol. The third-order valence-electron chi connectivity index (χ3n) is 3.48. The maximum atomic E-state index is 12.8. The molecule has 5 heteroatoms. The zero-order chi connectivity index (χ0) is 15.4. The Hall–Kier alpha value is -2.01. The largest absolute Gasteiger partial charge is 0.493 e. The highest BCUT2D eigenvalue weighted by molar-refractivity contribution is 8.00. The average Bonchev–Trinajstić information content (AvgIpc) is 2.55. The fourth-order valence-electron chi connectivity index (χ4n) is 2.41. The number of para-hydroxylation sites is 1. The second-order valence-corrected chi connectivity index (χ2v) is 6.09. The summed E-state index contributed by atoms with van der Waals surface area (Å²) in [5, 5.41) is 3.04. The molecule has 0 aliphatic carbocycles. The molecular formula is C17H16FNO2S. The number of halogens is 1. The van der Waals surface area contributed by atoms with E-state index in [4.69, 9.17) is 4.74 Å². The van der Waals surface area contributed by atoms with Gasteiger partial charge in [-0.3, -0.25) is 4.79 Å². The molecule has 22 heavy (non-hydrogen) atoms. The molecule has 1 aliphatic heterocycles. The Bertz CT molecular complexity index is 660. The highest BCUT2D eigenvalue weighted by atomic mass is 32.2. The molecule has 1 aliphatic rings. The molecule has 0 spiro atoms. The van der Waals surface area contributed by atoms with E-state index < -0.39 is 0 Å². The number of fused-ring (bicyclic) bond motifs is 1. The van der Waals surface area contributed by atoms with Gasteiger partial charge in [0.2, 0.25) is 5.91 Å². The molecule has 0 saturated carbocycles. The van der Waals surface area contributed by atoms with E-state index in [9.17, 15) is 9.18 Å². The van der Waals surface area contributed by atoms with Gasteiger partial charge < -0.3 is 10.1 Å². The number of rotatable bonds is 4. The number of nitrogens with one attached hydrogen (secondary N) is 1. The van der Waals surface area contributed by atoms with E-state index in [-0.39, 0.29) is 17.8 Å². The van der Waals surface area contributed by atoms with Crippen molar-refractivity contribution in [3.63, 3.8) is 0 Å². The van der Waals surface area contributed by atoms with Gasteiger partial charge in [-0.25, -0.2) is 4.39 Å². The summed E-state index contributed by atoms with van der Waals surface area (Å²) >= 11 is 1.40. The quantitative estimate of drug-likeness (QED) is 0.876. The van der Waals surface area contributed by atoms with Crippen LogP contribution >= 0.6 is 11.8 Å². The van der Waals surface area contributed by atoms with Crippen molar-refractivity contribution in [1.29, 1.82) is 0 Å². The molecule has 0 saturated heterocycles. The summed E-state index contributed by atoms with van der Waals surface area (Å²) in [5.74, 6) is 0.847. The summed E-state index contributed by atoms with van der Waals surface area (Å²) < 4.78 is 18.4. The summed E-state index contributed by atoms with van der Waals surface area (Å²) in [4.78, 5) is 13.0. The van der Waals surface area contributed by atoms with E-state index in [1.54, 1.807) is 12.1 Å². The van der Waals surface area contributed by atoms with Crippen molar-refractivity contribution in [3.05, 3.63) is 59.9 Å². The number of thioether (sulfide) groups is 1. The van der Waals surface area contributed by atoms with E-state index in [0.717, 1.165) is 22.6 Å². The molecule has 1 heterocycles. The number of hydrogen-bond acceptors (Lipinski definition) is 3. The van der Waals surface area contributed by atoms with Crippen LogP contribution in [0.2, 0.25) is 0 Å². The van der Waals surface area contributed by atoms with Crippen LogP contribution in [0, 0.1) is 5.82 Å². The summed E-state index contributed by atoms with van der Waals surface area (Å²) in [5.41, 5.74) is 1.02. The topological polar surface area (TPSA) is 38.3 Å². The molecule has 0 unspecified atom stereocenters. The van der Waals surface area contributed by atoms with Gasteiger partial charge in [0, 0.05) is 16.9 Å². The summed E-state index contributed by atoms with van der Waals surface area (Å²) in [6.07, 6.45) is 0.768. The first-order valence-corrected chi connectivity index (χ1v) is 8.10. The first-order chi connectivity index (χ1) is 10.7. The smallest absolute Gasteiger partial charge is 0.230 e. The van der Waals surface area contributed by atoms with Crippen LogP contribution in [-0.4, -0.2) is 18.3 Å². The van der Waals surface area contributed by atoms with Gasteiger partial charge in [-0.2, -0.15) is 0 Å². The summed E-state index contributed by atoms with van der Waals surface area (Å²) in [7, 11) is 0. The molecule has 0 fully saturated rings. The summed E-state index contributed by atoms with van der Waals surface area (Å²) in [6.45, 7) is 0.604. The van der Waals surface area contributed by atoms with Crippen LogP contribution in [0.5, 0.6) is 5.75 Å². The predicted molar refractivity (Wildman–Crippen MR) is 84.6 cm³/mol. The van der Waals surface area contributed by atoms with Crippen LogP contribution in [0.4, 0.5) is 4.39 Å². The third kappa shape index (κ3) is 3.60. The van der Waals surface area contributed by atoms with Gasteiger partial charge in [-0.15, -0.1) is 11.8 Å². The van der Waals surface area contributed by atoms with E-state index in [1.165, 1.54) is 23.9 Å². The zero-order valence-electron chi connectivity index (χ0n) is 11.9. The normalized spacial score (nSPS) is 16.5. The highest BCUT2D eigenvalue weighted by Gasteiger charge is 2.22. The molecule has 3 rings (SSSR count). The number of ether oxygens (including phenoxy) is 1. The van der Waals surface area contributed by atoms with Crippen LogP contribution in [0.3, 0.4) is 0 Å². The molecule has 0 bridgehead atoms. The maximum Gasteiger partial charge on any atom is 0.230 e. The molecule has 0 aromatic heterocycles. The van der Waals surface area contributed by atoms with Crippen molar-refractivity contribution >= 4 is 17.7 Å². The Balaban J connectivity index is 1.57. The van der Waals surface area contributed by atoms with Gasteiger partial charge in [0.05, 0.1) is 18.4 Å². The monoisotopic (exact) mass is 317 g/mol. The van der Waals surface area contributed by atoms with E-state index >= 15 is 0 Å². The third-order valence-corrected chi connectivity index (χ3v) is 4.49. The SMILES string of the molecule is O=C(CSc1ccc(F)cc1)N[C@H]1CCOc2ccccc21. The Morgan fingerprint density at radius 1 is 1.23 bits per heavy atom. The van der Waals surface area contributed by atoms with Crippen LogP contribution in [0.1, 0.15) is 18.0 Å². The van der Waals surface area contributed by atoms with Gasteiger partial charge in [-0.1, -0.05) is 18.2 Å². The highest BCUT2D eigenvalue weighted by Crippen LogP contribution is 2.31. The van der Waals surface area contributed by atoms with Gasteiger partial charge in [0.15, 0.2) is 0 Å². The Morgan fingerprint density at radius 3 is 2.82 bits per heavy atom. The molecule has 1 amide bonds. The second-order valence-electron chi connectivity index (χ2n) is 5.04. The van der Waals surface area contributed by atoms with E-state index in [1.807, 2.05) is 24.3 Å². The van der Waals surface area contributed by atoms with Gasteiger partial charge in [0.1, 0.15) is 11.6 Å². The predicted octanol–water partition coefficient (Wildman–Crippen LogP) is 3.56. The van der Waals surface area contributed by atoms with Crippen molar-refractivity contribution in [2.75, 3.05) is 12.4 Å². The van der Waals surface area contributed by atoms with Gasteiger partial charge in [0.25, 0.3) is 0 Å². The lowest BCUT2D eigenvalue weighted by atomic mass is 10.0. The second kappa shape index (κ2) is 6.83. The van der Waals surface area contributed by atoms with Crippen LogP contribution in [0.25, 0.3) is 0 Å². The lowest BCUT2D eigenvalue weighted by molar-refractivity contribution is -0.119. The number of hydrogen-bond donors (Lipinski definition) is 1. The molecule has 114 valence electrons. The minimum atomic E-state index is -0.271. The number of carbonyl (C=O) groups excluding carboxylic acids is 1. The van der Waals surface area contributed by atoms with E-state index in [0.29, 0.717) is 12.4 Å². The lowest BCUT2D eigenvalue weighted by Gasteiger charge is -2.26. The fourth-order valence-corrected chi connectivity index (χ4v) is 3.12. The first kappa shape index (κ1) is 14.9. The minimum Gasteiger partial charge on any atom is -0.493 e. The molecule has 2 aromatic carbocycles. The Morgan fingerprint density at radius 2 is 2.00 bits per heavy atom. The number of carbonyl (C=O) groups is 1. The van der Waals surface area contributed by atoms with Gasteiger partial charge >= 0.3 is 0 Å². The molecule has 1 N–H and O–H groups in total. The van der Waals surface area contributed by atoms with Crippen molar-refractivity contribution in [2.45, 2.75) is 17.4 Å². The minimum absolute atomic E-state index is 0.00809. The first-order valence-electron chi connectivity index (χ1n) is 7.12. The fraction of sp³-hybridized carbons (Fsp3) is 0.235. The molecule has 3 nitrogen and oxygen atoms in total. The van der Waals surface area contributed by atoms with Crippen LogP contribution < -0.4 is 10.1 Å². The zero-order valence-corrected chi connectivity index (χ0v) is 12.7. The van der Waals surface area contributed by atoms with Crippen molar-refractivity contribution < 1.29 is 13.9 Å². The van der Waals surface area contributed by atoms with Crippen molar-refractivity contribution in [2.24, 2.45) is 0 Å². The number of benzene rings is 2. The summed E-state index contributed by atoms with van der Waals surface area (Å²) in [6, 6.07) is 13.9. The standard InChI is InChI=1S/C17H16FNO2S/c18-12-5-7-13(8-6-12)22-11-17(20)19-15-9-10-21-16-4-2-1-3-14(15)16/h1-8,15H,9-11H2,(H,19,20)/t15-/m0/s1. The maximum absolute atomic E-state index is 12.8. The molecule has 2 aromatic rings. The number of amides is 1. The van der Waals surface area contributed by atoms with Gasteiger partial charge in [-0.05, 0) is 30.3 Å². The molecule has 0 radical (unpaired) electrons. The van der Waals surface area contributed by atoms with E-state index in [2.05, 4.69) is 5.32 Å². The van der Waals surface area contributed by atoms with Crippen molar-refractivity contribution in [1.82, 2.24) is 5.32 Å². The molecular weight excluding hydrogens is 301 g/mol. The Labute approximate surface area is 132 Å². The van der Waals surface area contributed by atoms with Crippen LogP contribution in [-0.2, 0) is 4.79 Å². The Kier molecular flexibility index (Phi) is 4.63. The lowest BCUT2D eigenvalue weighted by Crippen LogP contribution is -2.33.